The Labute approximate surface area is 167 Å². The van der Waals surface area contributed by atoms with Crippen LogP contribution in [-0.4, -0.2) is 23.4 Å². The molecule has 0 radical (unpaired) electrons. The van der Waals surface area contributed by atoms with Crippen LogP contribution in [0.2, 0.25) is 0 Å². The number of benzene rings is 3. The third-order valence-corrected chi connectivity index (χ3v) is 5.11. The molecule has 3 rings (SSSR count). The van der Waals surface area contributed by atoms with Crippen molar-refractivity contribution in [1.29, 1.82) is 0 Å². The van der Waals surface area contributed by atoms with Crippen LogP contribution < -0.4 is 5.73 Å². The molecule has 1 atom stereocenters. The summed E-state index contributed by atoms with van der Waals surface area (Å²) in [4.78, 5) is 15.7. The Morgan fingerprint density at radius 3 is 2.04 bits per heavy atom. The van der Waals surface area contributed by atoms with Crippen molar-refractivity contribution in [2.45, 2.75) is 26.4 Å². The normalized spacial score (nSPS) is 12.0. The maximum Gasteiger partial charge on any atom is 0.255 e. The molecular formula is C25H28N2O. The first kappa shape index (κ1) is 19.8. The lowest BCUT2D eigenvalue weighted by Crippen LogP contribution is -2.47. The Morgan fingerprint density at radius 2 is 1.43 bits per heavy atom. The van der Waals surface area contributed by atoms with E-state index in [1.165, 1.54) is 0 Å². The van der Waals surface area contributed by atoms with Crippen LogP contribution >= 0.6 is 0 Å². The number of amides is 1. The van der Waals surface area contributed by atoms with E-state index in [-0.39, 0.29) is 17.9 Å². The molecule has 3 aromatic rings. The van der Waals surface area contributed by atoms with Crippen molar-refractivity contribution in [1.82, 2.24) is 4.90 Å². The minimum Gasteiger partial charge on any atom is -0.330 e. The van der Waals surface area contributed by atoms with E-state index >= 15 is 0 Å². The number of carbonyl (C=O) groups excluding carboxylic acids is 1. The van der Waals surface area contributed by atoms with Crippen molar-refractivity contribution in [2.24, 2.45) is 11.7 Å². The number of hydrogen-bond donors (Lipinski definition) is 1. The van der Waals surface area contributed by atoms with Gasteiger partial charge >= 0.3 is 0 Å². The van der Waals surface area contributed by atoms with Gasteiger partial charge in [0.1, 0.15) is 0 Å². The van der Waals surface area contributed by atoms with Crippen LogP contribution in [0.4, 0.5) is 0 Å². The molecule has 144 valence electrons. The summed E-state index contributed by atoms with van der Waals surface area (Å²) in [5, 5.41) is 0. The molecule has 0 aliphatic heterocycles. The molecule has 0 saturated heterocycles. The smallest absolute Gasteiger partial charge is 0.255 e. The first-order valence-electron chi connectivity index (χ1n) is 9.81. The average Bonchev–Trinajstić information content (AvgIpc) is 2.74. The highest BCUT2D eigenvalue weighted by Gasteiger charge is 2.27. The molecule has 2 N–H and O–H groups in total. The zero-order valence-electron chi connectivity index (χ0n) is 16.6. The van der Waals surface area contributed by atoms with E-state index in [4.69, 9.17) is 5.73 Å². The summed E-state index contributed by atoms with van der Waals surface area (Å²) >= 11 is 0. The predicted molar refractivity (Wildman–Crippen MR) is 116 cm³/mol. The summed E-state index contributed by atoms with van der Waals surface area (Å²) in [7, 11) is 0. The van der Waals surface area contributed by atoms with Crippen molar-refractivity contribution in [3.63, 3.8) is 0 Å². The van der Waals surface area contributed by atoms with Crippen molar-refractivity contribution in [2.75, 3.05) is 6.54 Å². The zero-order valence-corrected chi connectivity index (χ0v) is 16.6. The molecule has 1 amide bonds. The molecule has 0 aliphatic rings. The van der Waals surface area contributed by atoms with Crippen LogP contribution in [-0.2, 0) is 6.54 Å². The van der Waals surface area contributed by atoms with Gasteiger partial charge in [-0.15, -0.1) is 0 Å². The number of hydrogen-bond acceptors (Lipinski definition) is 2. The maximum atomic E-state index is 13.7. The van der Waals surface area contributed by atoms with Gasteiger partial charge in [-0.05, 0) is 28.7 Å². The fraction of sp³-hybridized carbons (Fsp3) is 0.240. The highest BCUT2D eigenvalue weighted by atomic mass is 16.2. The summed E-state index contributed by atoms with van der Waals surface area (Å²) in [6.45, 7) is 5.21. The second-order valence-electron chi connectivity index (χ2n) is 7.38. The molecule has 0 heterocycles. The Balaban J connectivity index is 2.02. The van der Waals surface area contributed by atoms with Crippen LogP contribution in [0.25, 0.3) is 11.1 Å². The van der Waals surface area contributed by atoms with Crippen molar-refractivity contribution in [3.8, 4) is 11.1 Å². The van der Waals surface area contributed by atoms with E-state index < -0.39 is 0 Å². The van der Waals surface area contributed by atoms with Crippen molar-refractivity contribution in [3.05, 3.63) is 96.1 Å². The number of carbonyl (C=O) groups is 1. The Hall–Kier alpha value is -2.91. The minimum absolute atomic E-state index is 0.0208. The molecule has 3 nitrogen and oxygen atoms in total. The van der Waals surface area contributed by atoms with Gasteiger partial charge in [0, 0.05) is 24.7 Å². The number of nitrogens with two attached hydrogens (primary N) is 1. The molecule has 0 spiro atoms. The van der Waals surface area contributed by atoms with Gasteiger partial charge in [0.2, 0.25) is 0 Å². The van der Waals surface area contributed by atoms with Gasteiger partial charge in [0.25, 0.3) is 5.91 Å². The van der Waals surface area contributed by atoms with Gasteiger partial charge in [0.05, 0.1) is 0 Å². The second-order valence-corrected chi connectivity index (χ2v) is 7.38. The van der Waals surface area contributed by atoms with Crippen LogP contribution in [0.1, 0.15) is 29.8 Å². The van der Waals surface area contributed by atoms with Gasteiger partial charge in [-0.3, -0.25) is 4.79 Å². The average molecular weight is 373 g/mol. The SMILES string of the molecule is CC(C)[C@@H](CN)N(Cc1ccccc1)C(=O)c1ccccc1-c1ccccc1. The predicted octanol–water partition coefficient (Wildman–Crippen LogP) is 4.98. The van der Waals surface area contributed by atoms with Gasteiger partial charge in [-0.2, -0.15) is 0 Å². The summed E-state index contributed by atoms with van der Waals surface area (Å²) in [5.41, 5.74) is 9.91. The fourth-order valence-electron chi connectivity index (χ4n) is 3.57. The molecule has 0 aliphatic carbocycles. The first-order valence-corrected chi connectivity index (χ1v) is 9.81. The molecule has 3 heteroatoms. The molecule has 0 aromatic heterocycles. The Morgan fingerprint density at radius 1 is 0.857 bits per heavy atom. The van der Waals surface area contributed by atoms with Gasteiger partial charge in [0.15, 0.2) is 0 Å². The second kappa shape index (κ2) is 9.34. The minimum atomic E-state index is -0.0310. The lowest BCUT2D eigenvalue weighted by molar-refractivity contribution is 0.0615. The van der Waals surface area contributed by atoms with E-state index in [2.05, 4.69) is 26.0 Å². The Kier molecular flexibility index (Phi) is 6.62. The van der Waals surface area contributed by atoms with Crippen LogP contribution in [0.3, 0.4) is 0 Å². The summed E-state index contributed by atoms with van der Waals surface area (Å²) in [5.74, 6) is 0.286. The van der Waals surface area contributed by atoms with E-state index in [1.54, 1.807) is 0 Å². The lowest BCUT2D eigenvalue weighted by Gasteiger charge is -2.34. The van der Waals surface area contributed by atoms with Gasteiger partial charge in [-0.1, -0.05) is 92.7 Å². The van der Waals surface area contributed by atoms with Crippen molar-refractivity contribution >= 4 is 5.91 Å². The van der Waals surface area contributed by atoms with Crippen molar-refractivity contribution < 1.29 is 4.79 Å². The number of nitrogens with zero attached hydrogens (tertiary/aromatic N) is 1. The molecular weight excluding hydrogens is 344 g/mol. The molecule has 0 saturated carbocycles. The summed E-state index contributed by atoms with van der Waals surface area (Å²) < 4.78 is 0. The fourth-order valence-corrected chi connectivity index (χ4v) is 3.57. The molecule has 0 fully saturated rings. The van der Waals surface area contributed by atoms with Crippen LogP contribution in [0.15, 0.2) is 84.9 Å². The monoisotopic (exact) mass is 372 g/mol. The highest BCUT2D eigenvalue weighted by molar-refractivity contribution is 6.01. The largest absolute Gasteiger partial charge is 0.330 e. The van der Waals surface area contributed by atoms with E-state index in [1.807, 2.05) is 77.7 Å². The highest BCUT2D eigenvalue weighted by Crippen LogP contribution is 2.27. The topological polar surface area (TPSA) is 46.3 Å². The first-order chi connectivity index (χ1) is 13.6. The third kappa shape index (κ3) is 4.49. The van der Waals surface area contributed by atoms with E-state index in [9.17, 15) is 4.79 Å². The molecule has 28 heavy (non-hydrogen) atoms. The molecule has 0 bridgehead atoms. The van der Waals surface area contributed by atoms with Gasteiger partial charge in [-0.25, -0.2) is 0 Å². The van der Waals surface area contributed by atoms with E-state index in [0.29, 0.717) is 18.7 Å². The summed E-state index contributed by atoms with van der Waals surface area (Å²) in [6.07, 6.45) is 0. The van der Waals surface area contributed by atoms with E-state index in [0.717, 1.165) is 16.7 Å². The number of rotatable bonds is 7. The molecule has 0 unspecified atom stereocenters. The van der Waals surface area contributed by atoms with Crippen LogP contribution in [0, 0.1) is 5.92 Å². The zero-order chi connectivity index (χ0) is 19.9. The molecule has 3 aromatic carbocycles. The summed E-state index contributed by atoms with van der Waals surface area (Å²) in [6, 6.07) is 27.9. The standard InChI is InChI=1S/C25H28N2O/c1-19(2)24(17-26)27(18-20-11-5-3-6-12-20)25(28)23-16-10-9-15-22(23)21-13-7-4-8-14-21/h3-16,19,24H,17-18,26H2,1-2H3/t24-/m1/s1. The third-order valence-electron chi connectivity index (χ3n) is 5.11. The lowest BCUT2D eigenvalue weighted by atomic mass is 9.96. The quantitative estimate of drug-likeness (QED) is 0.636. The van der Waals surface area contributed by atoms with Gasteiger partial charge < -0.3 is 10.6 Å². The maximum absolute atomic E-state index is 13.7. The Bertz CT molecular complexity index is 891. The van der Waals surface area contributed by atoms with Crippen LogP contribution in [0.5, 0.6) is 0 Å².